The van der Waals surface area contributed by atoms with Gasteiger partial charge >= 0.3 is 0 Å². The molecule has 0 atom stereocenters. The number of furan rings is 1. The maximum Gasteiger partial charge on any atom is 0.231 e. The molecule has 0 fully saturated rings. The summed E-state index contributed by atoms with van der Waals surface area (Å²) in [6, 6.07) is 4.46. The molecule has 7 heteroatoms. The lowest BCUT2D eigenvalue weighted by Gasteiger charge is -2.12. The summed E-state index contributed by atoms with van der Waals surface area (Å²) >= 11 is 5.82. The molecule has 22 heavy (non-hydrogen) atoms. The Morgan fingerprint density at radius 3 is 3.09 bits per heavy atom. The number of rotatable bonds is 2. The molecule has 0 bridgehead atoms. The lowest BCUT2D eigenvalue weighted by molar-refractivity contribution is 0.482. The first-order valence-electron chi connectivity index (χ1n) is 6.90. The van der Waals surface area contributed by atoms with E-state index in [1.165, 1.54) is 18.5 Å². The number of hydrogen-bond acceptors (Lipinski definition) is 5. The van der Waals surface area contributed by atoms with E-state index in [1.807, 2.05) is 0 Å². The zero-order valence-corrected chi connectivity index (χ0v) is 12.2. The standard InChI is InChI=1S/C15H12ClFN4O/c16-10-5-8(1-2-11(10)17)21-14-13-9-3-4-18-6-12(9)22-15(13)20-7-19-14/h1-2,5,7,18H,3-4,6H2,(H,19,20,21). The molecule has 112 valence electrons. The number of nitrogens with zero attached hydrogens (tertiary/aromatic N) is 2. The van der Waals surface area contributed by atoms with Crippen molar-refractivity contribution in [3.63, 3.8) is 0 Å². The van der Waals surface area contributed by atoms with Crippen molar-refractivity contribution in [3.05, 3.63) is 46.7 Å². The fourth-order valence-corrected chi connectivity index (χ4v) is 2.84. The van der Waals surface area contributed by atoms with Crippen molar-refractivity contribution in [2.24, 2.45) is 0 Å². The van der Waals surface area contributed by atoms with Crippen LogP contribution in [0.5, 0.6) is 0 Å². The fraction of sp³-hybridized carbons (Fsp3) is 0.200. The maximum atomic E-state index is 13.3. The van der Waals surface area contributed by atoms with Crippen LogP contribution >= 0.6 is 11.6 Å². The topological polar surface area (TPSA) is 63.0 Å². The van der Waals surface area contributed by atoms with Gasteiger partial charge in [-0.2, -0.15) is 0 Å². The lowest BCUT2D eigenvalue weighted by Crippen LogP contribution is -2.22. The molecule has 0 radical (unpaired) electrons. The Hall–Kier alpha value is -2.18. The SMILES string of the molecule is Fc1ccc(Nc2ncnc3oc4c(c23)CCNC4)cc1Cl. The van der Waals surface area contributed by atoms with E-state index in [9.17, 15) is 4.39 Å². The van der Waals surface area contributed by atoms with E-state index < -0.39 is 5.82 Å². The molecule has 0 saturated carbocycles. The Labute approximate surface area is 130 Å². The van der Waals surface area contributed by atoms with Gasteiger partial charge in [0.2, 0.25) is 5.71 Å². The van der Waals surface area contributed by atoms with E-state index in [-0.39, 0.29) is 5.02 Å². The summed E-state index contributed by atoms with van der Waals surface area (Å²) < 4.78 is 19.0. The monoisotopic (exact) mass is 318 g/mol. The molecule has 3 aromatic rings. The summed E-state index contributed by atoms with van der Waals surface area (Å²) in [5.41, 5.74) is 2.33. The van der Waals surface area contributed by atoms with Crippen LogP contribution < -0.4 is 10.6 Å². The molecule has 3 heterocycles. The van der Waals surface area contributed by atoms with Gasteiger partial charge in [0.05, 0.1) is 17.0 Å². The van der Waals surface area contributed by atoms with Crippen LogP contribution in [0.3, 0.4) is 0 Å². The fourth-order valence-electron chi connectivity index (χ4n) is 2.66. The molecular weight excluding hydrogens is 307 g/mol. The Bertz CT molecular complexity index is 864. The summed E-state index contributed by atoms with van der Waals surface area (Å²) in [5, 5.41) is 7.37. The highest BCUT2D eigenvalue weighted by Gasteiger charge is 2.21. The maximum absolute atomic E-state index is 13.3. The number of aromatic nitrogens is 2. The van der Waals surface area contributed by atoms with E-state index in [0.29, 0.717) is 23.8 Å². The van der Waals surface area contributed by atoms with Crippen molar-refractivity contribution >= 4 is 34.2 Å². The van der Waals surface area contributed by atoms with Crippen molar-refractivity contribution in [2.75, 3.05) is 11.9 Å². The van der Waals surface area contributed by atoms with Gasteiger partial charge in [0.25, 0.3) is 0 Å². The largest absolute Gasteiger partial charge is 0.441 e. The third-order valence-corrected chi connectivity index (χ3v) is 3.98. The summed E-state index contributed by atoms with van der Waals surface area (Å²) in [7, 11) is 0. The summed E-state index contributed by atoms with van der Waals surface area (Å²) in [5.74, 6) is 1.08. The molecule has 5 nitrogen and oxygen atoms in total. The van der Waals surface area contributed by atoms with Crippen LogP contribution in [0.1, 0.15) is 11.3 Å². The van der Waals surface area contributed by atoms with Crippen molar-refractivity contribution in [1.29, 1.82) is 0 Å². The second-order valence-corrected chi connectivity index (χ2v) is 5.49. The smallest absolute Gasteiger partial charge is 0.231 e. The van der Waals surface area contributed by atoms with Crippen molar-refractivity contribution in [1.82, 2.24) is 15.3 Å². The lowest BCUT2D eigenvalue weighted by atomic mass is 10.1. The second kappa shape index (κ2) is 5.23. The van der Waals surface area contributed by atoms with Gasteiger partial charge in [-0.15, -0.1) is 0 Å². The molecule has 0 unspecified atom stereocenters. The first-order valence-corrected chi connectivity index (χ1v) is 7.28. The van der Waals surface area contributed by atoms with Gasteiger partial charge in [-0.1, -0.05) is 11.6 Å². The van der Waals surface area contributed by atoms with Crippen LogP contribution in [0.2, 0.25) is 5.02 Å². The van der Waals surface area contributed by atoms with Gasteiger partial charge in [0, 0.05) is 11.3 Å². The molecule has 1 aliphatic rings. The Morgan fingerprint density at radius 1 is 1.32 bits per heavy atom. The highest BCUT2D eigenvalue weighted by atomic mass is 35.5. The number of halogens is 2. The zero-order chi connectivity index (χ0) is 15.1. The van der Waals surface area contributed by atoms with Crippen LogP contribution in [0.25, 0.3) is 11.1 Å². The predicted octanol–water partition coefficient (Wildman–Crippen LogP) is 3.40. The van der Waals surface area contributed by atoms with E-state index in [0.717, 1.165) is 29.7 Å². The van der Waals surface area contributed by atoms with Crippen molar-refractivity contribution in [3.8, 4) is 0 Å². The number of nitrogens with one attached hydrogen (secondary N) is 2. The van der Waals surface area contributed by atoms with Crippen LogP contribution in [0.15, 0.2) is 28.9 Å². The first kappa shape index (κ1) is 13.5. The summed E-state index contributed by atoms with van der Waals surface area (Å²) in [4.78, 5) is 8.48. The highest BCUT2D eigenvalue weighted by Crippen LogP contribution is 2.33. The number of benzene rings is 1. The molecule has 4 rings (SSSR count). The van der Waals surface area contributed by atoms with Crippen molar-refractivity contribution in [2.45, 2.75) is 13.0 Å². The van der Waals surface area contributed by atoms with Gasteiger partial charge < -0.3 is 15.1 Å². The molecule has 0 saturated heterocycles. The van der Waals surface area contributed by atoms with E-state index >= 15 is 0 Å². The van der Waals surface area contributed by atoms with Crippen LogP contribution in [-0.2, 0) is 13.0 Å². The van der Waals surface area contributed by atoms with Gasteiger partial charge in [0.1, 0.15) is 23.7 Å². The van der Waals surface area contributed by atoms with Gasteiger partial charge in [-0.05, 0) is 31.2 Å². The molecule has 0 amide bonds. The zero-order valence-electron chi connectivity index (χ0n) is 11.5. The van der Waals surface area contributed by atoms with E-state index in [4.69, 9.17) is 16.0 Å². The minimum atomic E-state index is -0.452. The predicted molar refractivity (Wildman–Crippen MR) is 81.9 cm³/mol. The van der Waals surface area contributed by atoms with Gasteiger partial charge in [0.15, 0.2) is 0 Å². The minimum Gasteiger partial charge on any atom is -0.441 e. The molecular formula is C15H12ClFN4O. The number of hydrogen-bond donors (Lipinski definition) is 2. The summed E-state index contributed by atoms with van der Waals surface area (Å²) in [6.07, 6.45) is 2.30. The van der Waals surface area contributed by atoms with Gasteiger partial charge in [-0.25, -0.2) is 14.4 Å². The average Bonchev–Trinajstić information content (AvgIpc) is 2.90. The highest BCUT2D eigenvalue weighted by molar-refractivity contribution is 6.31. The number of fused-ring (bicyclic) bond motifs is 3. The van der Waals surface area contributed by atoms with Crippen molar-refractivity contribution < 1.29 is 8.81 Å². The molecule has 2 N–H and O–H groups in total. The normalized spacial score (nSPS) is 14.1. The van der Waals surface area contributed by atoms with E-state index in [2.05, 4.69) is 20.6 Å². The molecule has 1 aliphatic heterocycles. The molecule has 2 aromatic heterocycles. The Balaban J connectivity index is 1.81. The van der Waals surface area contributed by atoms with E-state index in [1.54, 1.807) is 6.07 Å². The Morgan fingerprint density at radius 2 is 2.23 bits per heavy atom. The average molecular weight is 319 g/mol. The summed E-state index contributed by atoms with van der Waals surface area (Å²) in [6.45, 7) is 1.58. The molecule has 0 aliphatic carbocycles. The van der Waals surface area contributed by atoms with Crippen LogP contribution in [0.4, 0.5) is 15.9 Å². The van der Waals surface area contributed by atoms with Crippen LogP contribution in [0, 0.1) is 5.82 Å². The first-order chi connectivity index (χ1) is 10.7. The third-order valence-electron chi connectivity index (χ3n) is 3.69. The van der Waals surface area contributed by atoms with Crippen LogP contribution in [-0.4, -0.2) is 16.5 Å². The Kier molecular flexibility index (Phi) is 3.20. The van der Waals surface area contributed by atoms with Gasteiger partial charge in [-0.3, -0.25) is 0 Å². The third kappa shape index (κ3) is 2.20. The number of anilines is 2. The molecule has 0 spiro atoms. The quantitative estimate of drug-likeness (QED) is 0.758. The molecule has 1 aromatic carbocycles. The second-order valence-electron chi connectivity index (χ2n) is 5.09. The minimum absolute atomic E-state index is 0.0636.